The summed E-state index contributed by atoms with van der Waals surface area (Å²) < 4.78 is 10.2. The monoisotopic (exact) mass is 342 g/mol. The van der Waals surface area contributed by atoms with Crippen molar-refractivity contribution in [1.82, 2.24) is 4.98 Å². The molecule has 7 heteroatoms. The minimum Gasteiger partial charge on any atom is -0.493 e. The molecule has 3 rings (SSSR count). The van der Waals surface area contributed by atoms with Gasteiger partial charge in [-0.3, -0.25) is 14.6 Å². The van der Waals surface area contributed by atoms with Gasteiger partial charge in [-0.05, 0) is 29.7 Å². The number of fused-ring (bicyclic) bond motifs is 1. The fraction of sp³-hybridized carbons (Fsp3) is 0.118. The molecule has 0 spiro atoms. The molecule has 0 radical (unpaired) electrons. The predicted octanol–water partition coefficient (Wildman–Crippen LogP) is 2.93. The molecule has 0 bridgehead atoms. The van der Waals surface area contributed by atoms with Gasteiger partial charge in [0.25, 0.3) is 5.91 Å². The van der Waals surface area contributed by atoms with Crippen molar-refractivity contribution in [2.75, 3.05) is 19.5 Å². The van der Waals surface area contributed by atoms with Crippen LogP contribution >= 0.6 is 11.3 Å². The number of nitrogens with one attached hydrogen (secondary N) is 1. The molecule has 0 aliphatic rings. The molecule has 1 aromatic carbocycles. The Balaban J connectivity index is 2.05. The predicted molar refractivity (Wildman–Crippen MR) is 93.4 cm³/mol. The molecule has 2 heterocycles. The van der Waals surface area contributed by atoms with Crippen molar-refractivity contribution in [1.29, 1.82) is 0 Å². The highest BCUT2D eigenvalue weighted by molar-refractivity contribution is 7.12. The molecule has 2 aromatic heterocycles. The van der Waals surface area contributed by atoms with Gasteiger partial charge in [-0.2, -0.15) is 0 Å². The molecule has 1 amide bonds. The second kappa shape index (κ2) is 6.67. The number of pyridine rings is 1. The van der Waals surface area contributed by atoms with Crippen LogP contribution in [0.4, 0.5) is 5.69 Å². The zero-order valence-corrected chi connectivity index (χ0v) is 13.8. The van der Waals surface area contributed by atoms with Gasteiger partial charge in [-0.25, -0.2) is 0 Å². The molecule has 0 fully saturated rings. The van der Waals surface area contributed by atoms with E-state index in [1.165, 1.54) is 20.4 Å². The van der Waals surface area contributed by atoms with Crippen LogP contribution in [0, 0.1) is 0 Å². The van der Waals surface area contributed by atoms with E-state index in [-0.39, 0.29) is 10.6 Å². The van der Waals surface area contributed by atoms with Crippen LogP contribution in [0.25, 0.3) is 10.8 Å². The summed E-state index contributed by atoms with van der Waals surface area (Å²) in [4.78, 5) is 29.1. The SMILES string of the molecule is COc1ccc2cc(C(=O)Nc3cccnc3)sc(=O)c2c1OC. The van der Waals surface area contributed by atoms with Gasteiger partial charge < -0.3 is 14.8 Å². The van der Waals surface area contributed by atoms with E-state index in [2.05, 4.69) is 10.3 Å². The number of rotatable bonds is 4. The van der Waals surface area contributed by atoms with Gasteiger partial charge in [-0.15, -0.1) is 0 Å². The van der Waals surface area contributed by atoms with Gasteiger partial charge >= 0.3 is 0 Å². The van der Waals surface area contributed by atoms with Crippen LogP contribution < -0.4 is 19.5 Å². The van der Waals surface area contributed by atoms with E-state index >= 15 is 0 Å². The van der Waals surface area contributed by atoms with Gasteiger partial charge in [0.2, 0.25) is 4.74 Å². The van der Waals surface area contributed by atoms with Gasteiger partial charge in [0.05, 0.1) is 36.4 Å². The van der Waals surface area contributed by atoms with E-state index in [0.717, 1.165) is 11.3 Å². The van der Waals surface area contributed by atoms with Crippen molar-refractivity contribution in [3.05, 3.63) is 57.1 Å². The molecule has 6 nitrogen and oxygen atoms in total. The summed E-state index contributed by atoms with van der Waals surface area (Å²) in [5.41, 5.74) is 0.564. The van der Waals surface area contributed by atoms with Gasteiger partial charge in [-0.1, -0.05) is 17.4 Å². The zero-order valence-electron chi connectivity index (χ0n) is 13.0. The van der Waals surface area contributed by atoms with Crippen LogP contribution in [0.3, 0.4) is 0 Å². The van der Waals surface area contributed by atoms with Crippen LogP contribution in [-0.2, 0) is 0 Å². The standard InChI is InChI=1S/C17H14N2O4S/c1-22-12-6-5-10-8-13(24-17(21)14(10)15(12)23-2)16(20)19-11-4-3-7-18-9-11/h3-9H,1-2H3,(H,19,20). The van der Waals surface area contributed by atoms with Crippen LogP contribution in [0.15, 0.2) is 47.5 Å². The lowest BCUT2D eigenvalue weighted by atomic mass is 10.1. The number of ether oxygens (including phenoxy) is 2. The summed E-state index contributed by atoms with van der Waals surface area (Å²) in [6, 6.07) is 8.53. The van der Waals surface area contributed by atoms with Crippen molar-refractivity contribution < 1.29 is 14.3 Å². The topological polar surface area (TPSA) is 77.5 Å². The van der Waals surface area contributed by atoms with E-state index in [4.69, 9.17) is 9.47 Å². The molecule has 3 aromatic rings. The summed E-state index contributed by atoms with van der Waals surface area (Å²) >= 11 is 0.859. The Hall–Kier alpha value is -2.93. The van der Waals surface area contributed by atoms with Crippen molar-refractivity contribution in [3.8, 4) is 11.5 Å². The highest BCUT2D eigenvalue weighted by atomic mass is 32.1. The number of aromatic nitrogens is 1. The fourth-order valence-corrected chi connectivity index (χ4v) is 3.18. The lowest BCUT2D eigenvalue weighted by molar-refractivity contribution is 0.103. The Morgan fingerprint density at radius 2 is 2.04 bits per heavy atom. The van der Waals surface area contributed by atoms with Crippen LogP contribution in [0.1, 0.15) is 9.67 Å². The lowest BCUT2D eigenvalue weighted by Crippen LogP contribution is -2.13. The molecular weight excluding hydrogens is 328 g/mol. The molecule has 0 saturated carbocycles. The second-order valence-corrected chi connectivity index (χ2v) is 5.87. The van der Waals surface area contributed by atoms with Crippen LogP contribution in [-0.4, -0.2) is 25.1 Å². The zero-order chi connectivity index (χ0) is 17.1. The summed E-state index contributed by atoms with van der Waals surface area (Å²) in [6.07, 6.45) is 3.15. The van der Waals surface area contributed by atoms with Crippen molar-refractivity contribution >= 4 is 33.7 Å². The van der Waals surface area contributed by atoms with E-state index < -0.39 is 0 Å². The highest BCUT2D eigenvalue weighted by Gasteiger charge is 2.16. The third-order valence-electron chi connectivity index (χ3n) is 3.41. The van der Waals surface area contributed by atoms with Crippen LogP contribution in [0.2, 0.25) is 0 Å². The number of amides is 1. The number of hydrogen-bond donors (Lipinski definition) is 1. The summed E-state index contributed by atoms with van der Waals surface area (Å²) in [5.74, 6) is 0.485. The smallest absolute Gasteiger partial charge is 0.265 e. The number of carbonyl (C=O) groups excluding carboxylic acids is 1. The number of nitrogens with zero attached hydrogens (tertiary/aromatic N) is 1. The largest absolute Gasteiger partial charge is 0.493 e. The van der Waals surface area contributed by atoms with Crippen molar-refractivity contribution in [3.63, 3.8) is 0 Å². The Morgan fingerprint density at radius 3 is 2.71 bits per heavy atom. The first-order chi connectivity index (χ1) is 11.6. The summed E-state index contributed by atoms with van der Waals surface area (Å²) in [5, 5.41) is 3.74. The first-order valence-corrected chi connectivity index (χ1v) is 7.86. The molecule has 0 unspecified atom stereocenters. The van der Waals surface area contributed by atoms with Crippen molar-refractivity contribution in [2.24, 2.45) is 0 Å². The molecule has 0 aliphatic carbocycles. The molecule has 0 aliphatic heterocycles. The maximum absolute atomic E-state index is 12.5. The van der Waals surface area contributed by atoms with E-state index in [0.29, 0.717) is 32.8 Å². The molecule has 1 N–H and O–H groups in total. The Labute approximate surface area is 141 Å². The summed E-state index contributed by atoms with van der Waals surface area (Å²) in [7, 11) is 2.98. The number of carbonyl (C=O) groups is 1. The van der Waals surface area contributed by atoms with E-state index in [1.807, 2.05) is 0 Å². The highest BCUT2D eigenvalue weighted by Crippen LogP contribution is 2.34. The average molecular weight is 342 g/mol. The molecule has 0 atom stereocenters. The first kappa shape index (κ1) is 15.9. The Morgan fingerprint density at radius 1 is 1.21 bits per heavy atom. The lowest BCUT2D eigenvalue weighted by Gasteiger charge is -2.10. The molecule has 122 valence electrons. The van der Waals surface area contributed by atoms with E-state index in [1.54, 1.807) is 36.5 Å². The molecular formula is C17H14N2O4S. The first-order valence-electron chi connectivity index (χ1n) is 7.04. The molecule has 24 heavy (non-hydrogen) atoms. The number of anilines is 1. The minimum absolute atomic E-state index is 0.264. The van der Waals surface area contributed by atoms with Crippen LogP contribution in [0.5, 0.6) is 11.5 Å². The third kappa shape index (κ3) is 2.93. The third-order valence-corrected chi connectivity index (χ3v) is 4.33. The number of hydrogen-bond acceptors (Lipinski definition) is 6. The Bertz CT molecular complexity index is 954. The fourth-order valence-electron chi connectivity index (χ4n) is 2.34. The quantitative estimate of drug-likeness (QED) is 0.789. The normalized spacial score (nSPS) is 10.4. The number of methoxy groups -OCH3 is 2. The van der Waals surface area contributed by atoms with Gasteiger partial charge in [0.15, 0.2) is 11.5 Å². The summed E-state index contributed by atoms with van der Waals surface area (Å²) in [6.45, 7) is 0. The minimum atomic E-state index is -0.359. The van der Waals surface area contributed by atoms with Gasteiger partial charge in [0.1, 0.15) is 0 Å². The van der Waals surface area contributed by atoms with Crippen molar-refractivity contribution in [2.45, 2.75) is 0 Å². The number of benzene rings is 1. The maximum Gasteiger partial charge on any atom is 0.265 e. The maximum atomic E-state index is 12.5. The van der Waals surface area contributed by atoms with Gasteiger partial charge in [0, 0.05) is 6.20 Å². The average Bonchev–Trinajstić information content (AvgIpc) is 2.61. The second-order valence-electron chi connectivity index (χ2n) is 4.86. The molecule has 0 saturated heterocycles. The Kier molecular flexibility index (Phi) is 4.43. The van der Waals surface area contributed by atoms with E-state index in [9.17, 15) is 9.59 Å².